The third kappa shape index (κ3) is 3.20. The molecule has 92 valence electrons. The van der Waals surface area contributed by atoms with Crippen LogP contribution in [0.15, 0.2) is 0 Å². The molecule has 1 amide bonds. The van der Waals surface area contributed by atoms with Crippen molar-refractivity contribution in [3.63, 3.8) is 0 Å². The quantitative estimate of drug-likeness (QED) is 0.630. The number of aliphatic hydroxyl groups excluding tert-OH is 1. The van der Waals surface area contributed by atoms with Gasteiger partial charge < -0.3 is 15.5 Å². The average Bonchev–Trinajstić information content (AvgIpc) is 2.74. The Hall–Kier alpha value is -1.10. The molecule has 0 spiro atoms. The Bertz CT molecular complexity index is 267. The highest BCUT2D eigenvalue weighted by Crippen LogP contribution is 2.31. The normalized spacial score (nSPS) is 26.4. The lowest BCUT2D eigenvalue weighted by molar-refractivity contribution is -0.146. The van der Waals surface area contributed by atoms with Gasteiger partial charge >= 0.3 is 5.97 Å². The minimum atomic E-state index is -0.882. The molecule has 1 saturated carbocycles. The molecule has 1 rings (SSSR count). The van der Waals surface area contributed by atoms with E-state index in [1.54, 1.807) is 0 Å². The van der Waals surface area contributed by atoms with Crippen LogP contribution in [0.3, 0.4) is 0 Å². The summed E-state index contributed by atoms with van der Waals surface area (Å²) >= 11 is 0. The third-order valence-electron chi connectivity index (χ3n) is 3.11. The monoisotopic (exact) mass is 229 g/mol. The Balaban J connectivity index is 2.44. The maximum Gasteiger partial charge on any atom is 0.307 e. The van der Waals surface area contributed by atoms with Gasteiger partial charge in [-0.3, -0.25) is 9.59 Å². The molecule has 16 heavy (non-hydrogen) atoms. The fourth-order valence-corrected chi connectivity index (χ4v) is 2.04. The van der Waals surface area contributed by atoms with E-state index in [0.717, 1.165) is 6.42 Å². The molecule has 5 heteroatoms. The summed E-state index contributed by atoms with van der Waals surface area (Å²) in [7, 11) is 0. The van der Waals surface area contributed by atoms with Gasteiger partial charge in [-0.1, -0.05) is 13.3 Å². The van der Waals surface area contributed by atoms with Crippen LogP contribution in [0.4, 0.5) is 0 Å². The zero-order chi connectivity index (χ0) is 12.1. The fourth-order valence-electron chi connectivity index (χ4n) is 2.04. The fraction of sp³-hybridized carbons (Fsp3) is 0.818. The summed E-state index contributed by atoms with van der Waals surface area (Å²) in [5, 5.41) is 20.4. The van der Waals surface area contributed by atoms with Gasteiger partial charge in [0, 0.05) is 13.2 Å². The lowest BCUT2D eigenvalue weighted by Gasteiger charge is -2.17. The predicted octanol–water partition coefficient (Wildman–Crippen LogP) is 0.232. The van der Waals surface area contributed by atoms with Crippen molar-refractivity contribution in [3.8, 4) is 0 Å². The van der Waals surface area contributed by atoms with Crippen molar-refractivity contribution in [1.29, 1.82) is 0 Å². The van der Waals surface area contributed by atoms with Crippen molar-refractivity contribution in [1.82, 2.24) is 5.32 Å². The summed E-state index contributed by atoms with van der Waals surface area (Å²) in [6.07, 6.45) is 2.03. The van der Waals surface area contributed by atoms with Crippen molar-refractivity contribution in [2.24, 2.45) is 17.8 Å². The highest BCUT2D eigenvalue weighted by atomic mass is 16.4. The summed E-state index contributed by atoms with van der Waals surface area (Å²) in [5.41, 5.74) is 0. The Morgan fingerprint density at radius 1 is 1.38 bits per heavy atom. The lowest BCUT2D eigenvalue weighted by atomic mass is 9.95. The van der Waals surface area contributed by atoms with Crippen molar-refractivity contribution >= 4 is 11.9 Å². The van der Waals surface area contributed by atoms with Crippen LogP contribution in [0.1, 0.15) is 26.2 Å². The van der Waals surface area contributed by atoms with E-state index < -0.39 is 17.8 Å². The van der Waals surface area contributed by atoms with E-state index in [0.29, 0.717) is 19.4 Å². The van der Waals surface area contributed by atoms with Crippen molar-refractivity contribution in [2.75, 3.05) is 13.2 Å². The molecule has 5 nitrogen and oxygen atoms in total. The highest BCUT2D eigenvalue weighted by Gasteiger charge is 2.37. The number of carboxylic acid groups (broad SMARTS) is 1. The summed E-state index contributed by atoms with van der Waals surface area (Å²) in [4.78, 5) is 22.6. The van der Waals surface area contributed by atoms with Gasteiger partial charge in [0.05, 0.1) is 11.8 Å². The number of aliphatic carboxylic acids is 1. The second-order valence-electron chi connectivity index (χ2n) is 4.52. The Kier molecular flexibility index (Phi) is 4.73. The summed E-state index contributed by atoms with van der Waals surface area (Å²) in [6.45, 7) is 2.25. The van der Waals surface area contributed by atoms with Crippen molar-refractivity contribution < 1.29 is 19.8 Å². The van der Waals surface area contributed by atoms with E-state index in [1.165, 1.54) is 0 Å². The Morgan fingerprint density at radius 2 is 2.00 bits per heavy atom. The summed E-state index contributed by atoms with van der Waals surface area (Å²) < 4.78 is 0. The van der Waals surface area contributed by atoms with Crippen LogP contribution < -0.4 is 5.32 Å². The molecule has 0 aromatic heterocycles. The van der Waals surface area contributed by atoms with E-state index in [9.17, 15) is 9.59 Å². The second kappa shape index (κ2) is 5.84. The first kappa shape index (κ1) is 13.0. The van der Waals surface area contributed by atoms with Crippen LogP contribution in [0.5, 0.6) is 0 Å². The molecule has 0 radical (unpaired) electrons. The number of carboxylic acids is 1. The summed E-state index contributed by atoms with van der Waals surface area (Å²) in [5.74, 6) is -2.00. The molecule has 0 aliphatic heterocycles. The van der Waals surface area contributed by atoms with E-state index in [1.807, 2.05) is 6.92 Å². The molecule has 0 aromatic carbocycles. The van der Waals surface area contributed by atoms with Crippen LogP contribution in [0, 0.1) is 17.8 Å². The summed E-state index contributed by atoms with van der Waals surface area (Å²) in [6, 6.07) is 0. The zero-order valence-electron chi connectivity index (χ0n) is 9.48. The first-order valence-electron chi connectivity index (χ1n) is 5.67. The Morgan fingerprint density at radius 3 is 2.56 bits per heavy atom. The van der Waals surface area contributed by atoms with E-state index in [-0.39, 0.29) is 18.4 Å². The third-order valence-corrected chi connectivity index (χ3v) is 3.11. The van der Waals surface area contributed by atoms with Gasteiger partial charge in [0.25, 0.3) is 0 Å². The van der Waals surface area contributed by atoms with Gasteiger partial charge in [0.1, 0.15) is 0 Å². The Labute approximate surface area is 94.8 Å². The smallest absolute Gasteiger partial charge is 0.307 e. The van der Waals surface area contributed by atoms with Crippen molar-refractivity contribution in [3.05, 3.63) is 0 Å². The number of carbonyl (C=O) groups excluding carboxylic acids is 1. The molecule has 3 N–H and O–H groups in total. The zero-order valence-corrected chi connectivity index (χ0v) is 9.48. The van der Waals surface area contributed by atoms with Gasteiger partial charge in [-0.25, -0.2) is 0 Å². The molecule has 0 saturated heterocycles. The minimum absolute atomic E-state index is 0.00799. The molecule has 1 fully saturated rings. The van der Waals surface area contributed by atoms with Gasteiger partial charge in [0.15, 0.2) is 0 Å². The van der Waals surface area contributed by atoms with Gasteiger partial charge in [-0.2, -0.15) is 0 Å². The maximum atomic E-state index is 11.7. The molecule has 3 atom stereocenters. The number of amides is 1. The SMILES string of the molecule is CC(CO)CNC(=O)[C@@H]1CCC[C@@H]1C(=O)O. The molecule has 0 aromatic rings. The molecular formula is C11H19NO4. The second-order valence-corrected chi connectivity index (χ2v) is 4.52. The first-order valence-corrected chi connectivity index (χ1v) is 5.67. The molecule has 1 aliphatic rings. The number of hydrogen-bond acceptors (Lipinski definition) is 3. The number of hydrogen-bond donors (Lipinski definition) is 3. The largest absolute Gasteiger partial charge is 0.481 e. The molecule has 1 aliphatic carbocycles. The van der Waals surface area contributed by atoms with Crippen LogP contribution in [0.25, 0.3) is 0 Å². The van der Waals surface area contributed by atoms with E-state index >= 15 is 0 Å². The number of rotatable bonds is 5. The molecule has 1 unspecified atom stereocenters. The topological polar surface area (TPSA) is 86.6 Å². The van der Waals surface area contributed by atoms with E-state index in [4.69, 9.17) is 10.2 Å². The van der Waals surface area contributed by atoms with Gasteiger partial charge in [-0.05, 0) is 18.8 Å². The van der Waals surface area contributed by atoms with Crippen molar-refractivity contribution in [2.45, 2.75) is 26.2 Å². The van der Waals surface area contributed by atoms with Crippen LogP contribution >= 0.6 is 0 Å². The maximum absolute atomic E-state index is 11.7. The van der Waals surface area contributed by atoms with Crippen LogP contribution in [0.2, 0.25) is 0 Å². The average molecular weight is 229 g/mol. The standard InChI is InChI=1S/C11H19NO4/c1-7(6-13)5-12-10(14)8-3-2-4-9(8)11(15)16/h7-9,13H,2-6H2,1H3,(H,12,14)(H,15,16)/t7?,8-,9+/m1/s1. The molecular weight excluding hydrogens is 210 g/mol. The first-order chi connectivity index (χ1) is 7.56. The van der Waals surface area contributed by atoms with Crippen LogP contribution in [-0.4, -0.2) is 35.2 Å². The van der Waals surface area contributed by atoms with Gasteiger partial charge in [0.2, 0.25) is 5.91 Å². The van der Waals surface area contributed by atoms with E-state index in [2.05, 4.69) is 5.32 Å². The van der Waals surface area contributed by atoms with Crippen LogP contribution in [-0.2, 0) is 9.59 Å². The number of carbonyl (C=O) groups is 2. The molecule has 0 heterocycles. The van der Waals surface area contributed by atoms with Gasteiger partial charge in [-0.15, -0.1) is 0 Å². The minimum Gasteiger partial charge on any atom is -0.481 e. The lowest BCUT2D eigenvalue weighted by Crippen LogP contribution is -2.37. The highest BCUT2D eigenvalue weighted by molar-refractivity contribution is 5.85. The number of aliphatic hydroxyl groups is 1. The number of nitrogens with one attached hydrogen (secondary N) is 1. The predicted molar refractivity (Wildman–Crippen MR) is 57.7 cm³/mol. The molecule has 0 bridgehead atoms.